The predicted molar refractivity (Wildman–Crippen MR) is 132 cm³/mol. The van der Waals surface area contributed by atoms with Gasteiger partial charge in [0.25, 0.3) is 0 Å². The summed E-state index contributed by atoms with van der Waals surface area (Å²) in [5, 5.41) is 5.65. The summed E-state index contributed by atoms with van der Waals surface area (Å²) in [5.41, 5.74) is 4.06. The monoisotopic (exact) mass is 464 g/mol. The minimum atomic E-state index is -3.67. The number of para-hydroxylation sites is 1. The molecule has 2 aromatic heterocycles. The van der Waals surface area contributed by atoms with Gasteiger partial charge in [-0.3, -0.25) is 4.68 Å². The van der Waals surface area contributed by atoms with Crippen molar-refractivity contribution in [1.29, 1.82) is 0 Å². The summed E-state index contributed by atoms with van der Waals surface area (Å²) in [6.45, 7) is 7.70. The number of aromatic amines is 1. The molecule has 4 aromatic rings. The van der Waals surface area contributed by atoms with Crippen molar-refractivity contribution in [1.82, 2.24) is 19.1 Å². The molecule has 0 atom stereocenters. The standard InChI is InChI=1S/C26H32N4O2S/c1-4-29-15-14-23(28-29)19-30(16-13-22-18-27-26-8-6-5-7-25(22)26)33(31,32)24-11-9-21(10-12-24)17-20(2)3/h5-12,14-15,18,20,27H,4,13,16-17,19H2,1-3H3. The van der Waals surface area contributed by atoms with Crippen LogP contribution in [-0.2, 0) is 36.0 Å². The Kier molecular flexibility index (Phi) is 7.00. The molecule has 4 rings (SSSR count). The fourth-order valence-corrected chi connectivity index (χ4v) is 5.54. The number of nitrogens with one attached hydrogen (secondary N) is 1. The lowest BCUT2D eigenvalue weighted by Crippen LogP contribution is -2.32. The van der Waals surface area contributed by atoms with Crippen molar-refractivity contribution in [3.63, 3.8) is 0 Å². The molecule has 0 amide bonds. The normalized spacial score (nSPS) is 12.3. The number of aryl methyl sites for hydroxylation is 1. The first-order valence-corrected chi connectivity index (χ1v) is 13.0. The molecule has 0 saturated carbocycles. The molecule has 0 saturated heterocycles. The molecule has 0 bridgehead atoms. The Morgan fingerprint density at radius 3 is 2.52 bits per heavy atom. The summed E-state index contributed by atoms with van der Waals surface area (Å²) in [5.74, 6) is 0.522. The van der Waals surface area contributed by atoms with E-state index in [4.69, 9.17) is 0 Å². The lowest BCUT2D eigenvalue weighted by Gasteiger charge is -2.22. The summed E-state index contributed by atoms with van der Waals surface area (Å²) in [4.78, 5) is 3.60. The third-order valence-electron chi connectivity index (χ3n) is 5.87. The molecule has 0 radical (unpaired) electrons. The van der Waals surface area contributed by atoms with E-state index < -0.39 is 10.0 Å². The van der Waals surface area contributed by atoms with Gasteiger partial charge in [-0.25, -0.2) is 8.42 Å². The van der Waals surface area contributed by atoms with E-state index in [1.54, 1.807) is 16.4 Å². The summed E-state index contributed by atoms with van der Waals surface area (Å²) in [6.07, 6.45) is 5.41. The Bertz CT molecular complexity index is 1300. The highest BCUT2D eigenvalue weighted by Crippen LogP contribution is 2.23. The zero-order valence-electron chi connectivity index (χ0n) is 19.5. The van der Waals surface area contributed by atoms with Gasteiger partial charge in [0.15, 0.2) is 0 Å². The molecule has 6 nitrogen and oxygen atoms in total. The average Bonchev–Trinajstić information content (AvgIpc) is 3.43. The fraction of sp³-hybridized carbons (Fsp3) is 0.346. The molecule has 33 heavy (non-hydrogen) atoms. The highest BCUT2D eigenvalue weighted by molar-refractivity contribution is 7.89. The van der Waals surface area contributed by atoms with Gasteiger partial charge in [-0.05, 0) is 61.1 Å². The maximum atomic E-state index is 13.7. The van der Waals surface area contributed by atoms with Crippen LogP contribution < -0.4 is 0 Å². The Hall–Kier alpha value is -2.90. The molecule has 0 unspecified atom stereocenters. The van der Waals surface area contributed by atoms with Crippen molar-refractivity contribution < 1.29 is 8.42 Å². The molecule has 2 heterocycles. The largest absolute Gasteiger partial charge is 0.361 e. The number of sulfonamides is 1. The minimum absolute atomic E-state index is 0.242. The molecule has 174 valence electrons. The molecule has 0 fully saturated rings. The van der Waals surface area contributed by atoms with Crippen LogP contribution in [0, 0.1) is 5.92 Å². The summed E-state index contributed by atoms with van der Waals surface area (Å²) in [7, 11) is -3.67. The van der Waals surface area contributed by atoms with Crippen LogP contribution in [-0.4, -0.2) is 34.0 Å². The molecule has 2 aromatic carbocycles. The minimum Gasteiger partial charge on any atom is -0.361 e. The number of hydrogen-bond donors (Lipinski definition) is 1. The average molecular weight is 465 g/mol. The Labute approximate surface area is 196 Å². The maximum Gasteiger partial charge on any atom is 0.243 e. The number of fused-ring (bicyclic) bond motifs is 1. The summed E-state index contributed by atoms with van der Waals surface area (Å²) >= 11 is 0. The fourth-order valence-electron chi connectivity index (χ4n) is 4.13. The van der Waals surface area contributed by atoms with E-state index in [1.807, 2.05) is 60.4 Å². The Morgan fingerprint density at radius 1 is 1.06 bits per heavy atom. The van der Waals surface area contributed by atoms with Crippen LogP contribution >= 0.6 is 0 Å². The van der Waals surface area contributed by atoms with Crippen molar-refractivity contribution in [3.05, 3.63) is 83.8 Å². The van der Waals surface area contributed by atoms with Crippen LogP contribution in [0.3, 0.4) is 0 Å². The number of benzene rings is 2. The van der Waals surface area contributed by atoms with Crippen molar-refractivity contribution in [2.24, 2.45) is 5.92 Å². The third-order valence-corrected chi connectivity index (χ3v) is 7.73. The second-order valence-corrected chi connectivity index (χ2v) is 10.8. The van der Waals surface area contributed by atoms with E-state index >= 15 is 0 Å². The van der Waals surface area contributed by atoms with Gasteiger partial charge in [-0.1, -0.05) is 44.2 Å². The highest BCUT2D eigenvalue weighted by Gasteiger charge is 2.26. The van der Waals surface area contributed by atoms with Gasteiger partial charge in [-0.15, -0.1) is 0 Å². The SMILES string of the molecule is CCn1ccc(CN(CCc2c[nH]c3ccccc23)S(=O)(=O)c2ccc(CC(C)C)cc2)n1. The molecule has 7 heteroatoms. The van der Waals surface area contributed by atoms with E-state index in [9.17, 15) is 8.42 Å². The highest BCUT2D eigenvalue weighted by atomic mass is 32.2. The van der Waals surface area contributed by atoms with Gasteiger partial charge in [-0.2, -0.15) is 9.40 Å². The number of rotatable bonds is 10. The van der Waals surface area contributed by atoms with E-state index in [-0.39, 0.29) is 6.54 Å². The van der Waals surface area contributed by atoms with E-state index in [0.29, 0.717) is 23.8 Å². The molecular weight excluding hydrogens is 432 g/mol. The quantitative estimate of drug-likeness (QED) is 0.358. The van der Waals surface area contributed by atoms with Crippen LogP contribution in [0.1, 0.15) is 37.6 Å². The van der Waals surface area contributed by atoms with Crippen LogP contribution in [0.25, 0.3) is 10.9 Å². The van der Waals surface area contributed by atoms with E-state index in [1.165, 1.54) is 0 Å². The third kappa shape index (κ3) is 5.37. The van der Waals surface area contributed by atoms with Gasteiger partial charge in [0, 0.05) is 36.4 Å². The first kappa shape index (κ1) is 23.3. The van der Waals surface area contributed by atoms with Crippen molar-refractivity contribution in [2.75, 3.05) is 6.54 Å². The summed E-state index contributed by atoms with van der Waals surface area (Å²) < 4.78 is 30.7. The summed E-state index contributed by atoms with van der Waals surface area (Å²) in [6, 6.07) is 17.3. The number of nitrogens with zero attached hydrogens (tertiary/aromatic N) is 3. The van der Waals surface area contributed by atoms with E-state index in [2.05, 4.69) is 30.0 Å². The first-order chi connectivity index (χ1) is 15.9. The molecule has 1 N–H and O–H groups in total. The van der Waals surface area contributed by atoms with Gasteiger partial charge in [0.2, 0.25) is 10.0 Å². The van der Waals surface area contributed by atoms with Crippen molar-refractivity contribution in [3.8, 4) is 0 Å². The van der Waals surface area contributed by atoms with Gasteiger partial charge in [0.05, 0.1) is 17.1 Å². The Balaban J connectivity index is 1.60. The molecule has 0 spiro atoms. The zero-order chi connectivity index (χ0) is 23.4. The molecule has 0 aliphatic carbocycles. The molecule has 0 aliphatic heterocycles. The van der Waals surface area contributed by atoms with Crippen molar-refractivity contribution in [2.45, 2.75) is 51.6 Å². The van der Waals surface area contributed by atoms with E-state index in [0.717, 1.165) is 40.7 Å². The predicted octanol–water partition coefficient (Wildman–Crippen LogP) is 5.02. The maximum absolute atomic E-state index is 13.7. The smallest absolute Gasteiger partial charge is 0.243 e. The van der Waals surface area contributed by atoms with Crippen LogP contribution in [0.2, 0.25) is 0 Å². The van der Waals surface area contributed by atoms with Crippen molar-refractivity contribution >= 4 is 20.9 Å². The lowest BCUT2D eigenvalue weighted by molar-refractivity contribution is 0.403. The van der Waals surface area contributed by atoms with Crippen LogP contribution in [0.5, 0.6) is 0 Å². The molecular formula is C26H32N4O2S. The number of hydrogen-bond acceptors (Lipinski definition) is 3. The van der Waals surface area contributed by atoms with Gasteiger partial charge >= 0.3 is 0 Å². The zero-order valence-corrected chi connectivity index (χ0v) is 20.3. The van der Waals surface area contributed by atoms with Gasteiger partial charge in [0.1, 0.15) is 0 Å². The molecule has 0 aliphatic rings. The van der Waals surface area contributed by atoms with Crippen LogP contribution in [0.4, 0.5) is 0 Å². The second-order valence-electron chi connectivity index (χ2n) is 8.85. The number of H-pyrrole nitrogens is 1. The second kappa shape index (κ2) is 9.93. The number of aromatic nitrogens is 3. The lowest BCUT2D eigenvalue weighted by atomic mass is 10.0. The van der Waals surface area contributed by atoms with Gasteiger partial charge < -0.3 is 4.98 Å². The van der Waals surface area contributed by atoms with Crippen LogP contribution in [0.15, 0.2) is 71.9 Å². The first-order valence-electron chi connectivity index (χ1n) is 11.5. The Morgan fingerprint density at radius 2 is 1.82 bits per heavy atom. The topological polar surface area (TPSA) is 71.0 Å².